The molecule has 4 amide bonds. The molecule has 2 fully saturated rings. The van der Waals surface area contributed by atoms with Crippen molar-refractivity contribution in [3.63, 3.8) is 0 Å². The average Bonchev–Trinajstić information content (AvgIpc) is 1.61. The van der Waals surface area contributed by atoms with E-state index in [0.29, 0.717) is 43.5 Å². The quantitative estimate of drug-likeness (QED) is 0.0314. The number of nitrogens with zero attached hydrogens (tertiary/aromatic N) is 7. The van der Waals surface area contributed by atoms with E-state index >= 15 is 0 Å². The molecular weight excluding hydrogens is 1810 g/mol. The van der Waals surface area contributed by atoms with Gasteiger partial charge in [0.05, 0.1) is 0 Å². The van der Waals surface area contributed by atoms with Gasteiger partial charge in [-0.15, -0.1) is 0 Å². The van der Waals surface area contributed by atoms with Crippen LogP contribution < -0.4 is 14.7 Å². The fourth-order valence-corrected chi connectivity index (χ4v) is 21.7. The summed E-state index contributed by atoms with van der Waals surface area (Å²) in [6, 6.07) is 90.0. The molecule has 534 valence electrons. The van der Waals surface area contributed by atoms with Crippen LogP contribution in [0.25, 0.3) is 6.08 Å². The van der Waals surface area contributed by atoms with Gasteiger partial charge in [0.25, 0.3) is 0 Å². The van der Waals surface area contributed by atoms with Crippen LogP contribution in [0.2, 0.25) is 0 Å². The number of likely N-dealkylation sites (N-methyl/N-ethyl adjacent to an activating group) is 2. The average molecular weight is 1880 g/mol. The number of carbonyl (C=O) groups excluding carboxylic acids is 5. The van der Waals surface area contributed by atoms with Gasteiger partial charge in [-0.25, -0.2) is 0 Å². The summed E-state index contributed by atoms with van der Waals surface area (Å²) in [7, 11) is 6.32. The van der Waals surface area contributed by atoms with Gasteiger partial charge in [-0.05, 0) is 47.3 Å². The van der Waals surface area contributed by atoms with E-state index in [4.69, 9.17) is 24.4 Å². The molecule has 0 unspecified atom stereocenters. The maximum absolute atomic E-state index is 12.7. The molecule has 107 heavy (non-hydrogen) atoms. The van der Waals surface area contributed by atoms with Crippen molar-refractivity contribution in [3.05, 3.63) is 347 Å². The van der Waals surface area contributed by atoms with E-state index < -0.39 is 0 Å². The predicted octanol–water partition coefficient (Wildman–Crippen LogP) is 16.6. The molecule has 8 aromatic carbocycles. The Morgan fingerprint density at radius 2 is 0.645 bits per heavy atom. The first kappa shape index (κ1) is 76.5. The van der Waals surface area contributed by atoms with Crippen LogP contribution in [0.1, 0.15) is 75.7 Å². The number of amides is 4. The van der Waals surface area contributed by atoms with Gasteiger partial charge in [0, 0.05) is 14.1 Å². The van der Waals surface area contributed by atoms with Crippen LogP contribution in [-0.2, 0) is 51.3 Å². The van der Waals surface area contributed by atoms with Gasteiger partial charge in [-0.1, -0.05) is 48.5 Å². The monoisotopic (exact) mass is 1880 g/mol. The van der Waals surface area contributed by atoms with E-state index in [2.05, 4.69) is 300 Å². The molecule has 6 aliphatic rings. The third-order valence-corrected chi connectivity index (χ3v) is 30.0. The van der Waals surface area contributed by atoms with E-state index in [9.17, 15) is 24.0 Å². The maximum Gasteiger partial charge on any atom is -0.00201 e. The molecular formula is C87H72IN7O5S2Se5. The van der Waals surface area contributed by atoms with Crippen LogP contribution in [0.15, 0.2) is 280 Å². The number of hydrogen-bond acceptors (Lipinski definition) is 10. The molecule has 0 bridgehead atoms. The second-order valence-electron chi connectivity index (χ2n) is 25.3. The molecule has 1 aliphatic carbocycles. The smallest absolute Gasteiger partial charge is 0.00201 e. The Balaban J connectivity index is 0.000000118. The van der Waals surface area contributed by atoms with E-state index in [-0.39, 0.29) is 74.9 Å². The molecule has 20 heteroatoms. The molecule has 2 saturated heterocycles. The normalized spacial score (nSPS) is 14.0. The van der Waals surface area contributed by atoms with Crippen LogP contribution in [0.5, 0.6) is 0 Å². The number of rotatable bonds is 5. The summed E-state index contributed by atoms with van der Waals surface area (Å²) < 4.78 is 7.20. The number of thiocarbonyl (C=S) groups is 2. The Kier molecular flexibility index (Phi) is 25.8. The molecule has 0 saturated carbocycles. The van der Waals surface area contributed by atoms with E-state index in [1.165, 1.54) is 125 Å². The molecule has 0 radical (unpaired) electrons. The van der Waals surface area contributed by atoms with Crippen LogP contribution in [0, 0.1) is 2.44 Å². The van der Waals surface area contributed by atoms with Crippen molar-refractivity contribution < 1.29 is 24.0 Å². The molecule has 19 rings (SSSR count). The van der Waals surface area contributed by atoms with Gasteiger partial charge >= 0.3 is 533 Å². The number of carbonyl (C=O) groups is 5. The van der Waals surface area contributed by atoms with Crippen LogP contribution >= 0.6 is 47.0 Å². The third-order valence-electron chi connectivity index (χ3n) is 18.5. The van der Waals surface area contributed by atoms with Gasteiger partial charge in [-0.3, -0.25) is 19.4 Å². The minimum absolute atomic E-state index is 0.0553. The first-order chi connectivity index (χ1) is 52.1. The summed E-state index contributed by atoms with van der Waals surface area (Å²) in [5.41, 5.74) is 21.8. The van der Waals surface area contributed by atoms with E-state index in [1.807, 2.05) is 12.1 Å². The van der Waals surface area contributed by atoms with Gasteiger partial charge in [0.15, 0.2) is 5.11 Å². The largest absolute Gasteiger partial charge is 0.0620 e. The number of halogens is 1. The molecule has 5 aliphatic heterocycles. The van der Waals surface area contributed by atoms with Gasteiger partial charge in [0.2, 0.25) is 11.8 Å². The summed E-state index contributed by atoms with van der Waals surface area (Å²) >= 11 is 14.2. The zero-order valence-corrected chi connectivity index (χ0v) is 71.2. The topological polar surface area (TPSA) is 108 Å². The summed E-state index contributed by atoms with van der Waals surface area (Å²) in [6.07, 6.45) is 7.75. The first-order valence-corrected chi connectivity index (χ1v) is 45.4. The summed E-state index contributed by atoms with van der Waals surface area (Å²) in [5, 5.41) is 0.490. The number of fused-ring (bicyclic) bond motifs is 8. The number of aldehydes is 1. The molecule has 12 nitrogen and oxygen atoms in total. The number of para-hydroxylation sites is 6. The van der Waals surface area contributed by atoms with Crippen molar-refractivity contribution in [2.45, 2.75) is 38.5 Å². The predicted molar refractivity (Wildman–Crippen MR) is 455 cm³/mol. The van der Waals surface area contributed by atoms with Gasteiger partial charge < -0.3 is 0 Å². The van der Waals surface area contributed by atoms with E-state index in [0.717, 1.165) is 47.3 Å². The summed E-state index contributed by atoms with van der Waals surface area (Å²) in [4.78, 5) is 79.5. The molecule has 0 N–H and O–H groups in total. The fraction of sp³-hybridized carbons (Fsp3) is 0.115. The first-order valence-electron chi connectivity index (χ1n) is 34.4. The third kappa shape index (κ3) is 17.9. The van der Waals surface area contributed by atoms with Crippen LogP contribution in [0.3, 0.4) is 0 Å². The maximum atomic E-state index is 12.7. The van der Waals surface area contributed by atoms with Crippen molar-refractivity contribution >= 4 is 214 Å². The minimum Gasteiger partial charge on any atom is -0.0620 e. The van der Waals surface area contributed by atoms with Crippen molar-refractivity contribution in [3.8, 4) is 0 Å². The van der Waals surface area contributed by atoms with Crippen LogP contribution in [-0.4, -0.2) is 160 Å². The number of hydrogen-bond donors (Lipinski definition) is 0. The Morgan fingerprint density at radius 1 is 0.327 bits per heavy atom. The molecule has 13 aromatic rings. The SMILES string of the molecule is CN1C(=O)C(=Cc2ccc(N3c4ccccc4Cc4ccccc43)[se]2)C(=O)N(C)C1=S.CN1C(=O)CC(=O)N(C)C1=S.Ic1ccc[se]1.O=Cc1ccc(N2c3ccccc3Cc3ccccc32)[se]1.c1c[se]c(N2c3ccccc3Cc3ccccc32)c1.c1cc[se]c1.c1ccc2c(c1)Cc1ccccc1C2. The van der Waals surface area contributed by atoms with Crippen LogP contribution in [0.4, 0.5) is 47.8 Å². The second-order valence-corrected chi connectivity index (χ2v) is 39.0. The number of benzene rings is 8. The zero-order valence-electron chi connectivity index (χ0n) is 58.9. The second kappa shape index (κ2) is 36.0. The van der Waals surface area contributed by atoms with Crippen molar-refractivity contribution in [1.82, 2.24) is 19.6 Å². The Hall–Kier alpha value is -8.64. The van der Waals surface area contributed by atoms with Crippen molar-refractivity contribution in [1.29, 1.82) is 0 Å². The standard InChI is InChI=1S/C24H19N3O2SSe.C18H13NOSe.C17H13NSe.C14H12.C6H8N2O2S.C4H3ISe.C4H4Se/c1-25-22(28)18(23(29)26(2)24(25)30)14-17-11-12-21(31-17)27-19-9-5-3-7-15(19)13-16-8-4-6-10-20(16)27;20-12-15-9-10-18(21-15)19-16-7-3-1-5-13(16)11-14-6-2-4-8-17(14)19;1-3-8-15-13(6-1)12-14-7-2-4-9-16(14)18(15)17-10-5-11-19-17;1-2-6-12-10-14-8-4-3-7-13(14)9-11(12)5-1;1-7-4(9)3-5(10)8(2)6(7)11;5-4-2-1-3-6-4;1-2-4-5-3-1/h3-12,14H,13H2,1-2H3;1-10,12H,11H2;1-11H,12H2;1-8H,9-10H2;3H2,1-2H3;1-3H;1-4H. The molecule has 5 aromatic heterocycles. The Bertz CT molecular complexity index is 5120. The molecule has 10 heterocycles. The number of anilines is 9. The fourth-order valence-electron chi connectivity index (χ4n) is 13.1. The Labute approximate surface area is 678 Å². The summed E-state index contributed by atoms with van der Waals surface area (Å²) in [6.45, 7) is 0. The van der Waals surface area contributed by atoms with Gasteiger partial charge in [-0.2, -0.15) is 0 Å². The zero-order chi connectivity index (χ0) is 74.5. The molecule has 0 spiro atoms. The molecule has 0 atom stereocenters. The van der Waals surface area contributed by atoms with Gasteiger partial charge in [0.1, 0.15) is 6.42 Å². The minimum atomic E-state index is -0.355. The van der Waals surface area contributed by atoms with Crippen molar-refractivity contribution in [2.24, 2.45) is 0 Å². The summed E-state index contributed by atoms with van der Waals surface area (Å²) in [5.74, 6) is -1.19. The van der Waals surface area contributed by atoms with E-state index in [1.54, 1.807) is 34.3 Å². The Morgan fingerprint density at radius 3 is 0.953 bits per heavy atom. The van der Waals surface area contributed by atoms with Crippen molar-refractivity contribution in [2.75, 3.05) is 42.9 Å².